The summed E-state index contributed by atoms with van der Waals surface area (Å²) in [6.45, 7) is 7.87. The molecule has 4 aliphatic rings. The Labute approximate surface area is 328 Å². The molecule has 306 valence electrons. The van der Waals surface area contributed by atoms with Gasteiger partial charge in [-0.05, 0) is 51.0 Å². The van der Waals surface area contributed by atoms with Crippen LogP contribution in [0.4, 0.5) is 0 Å². The number of hydrogen-bond donors (Lipinski definition) is 1. The van der Waals surface area contributed by atoms with Gasteiger partial charge in [-0.25, -0.2) is 0 Å². The number of aliphatic hydroxyl groups excluding tert-OH is 1. The maximum absolute atomic E-state index is 12.1. The van der Waals surface area contributed by atoms with E-state index in [1.165, 1.54) is 7.11 Å². The van der Waals surface area contributed by atoms with E-state index in [-0.39, 0.29) is 33.2 Å². The van der Waals surface area contributed by atoms with Gasteiger partial charge in [-0.1, -0.05) is 72.8 Å². The Morgan fingerprint density at radius 1 is 0.714 bits per heavy atom. The fourth-order valence-corrected chi connectivity index (χ4v) is 7.42. The van der Waals surface area contributed by atoms with Crippen molar-refractivity contribution in [2.24, 2.45) is 0 Å². The van der Waals surface area contributed by atoms with Crippen molar-refractivity contribution in [1.29, 1.82) is 0 Å². The third kappa shape index (κ3) is 9.96. The van der Waals surface area contributed by atoms with Crippen molar-refractivity contribution in [3.8, 4) is 5.75 Å². The van der Waals surface area contributed by atoms with Crippen molar-refractivity contribution in [2.45, 2.75) is 120 Å². The molecule has 14 nitrogen and oxygen atoms in total. The first-order valence-electron chi connectivity index (χ1n) is 19.0. The second-order valence-corrected chi connectivity index (χ2v) is 15.1. The van der Waals surface area contributed by atoms with E-state index in [9.17, 15) is 5.11 Å². The van der Waals surface area contributed by atoms with Gasteiger partial charge in [0.15, 0.2) is 30.4 Å². The predicted molar refractivity (Wildman–Crippen MR) is 198 cm³/mol. The smallest absolute Gasteiger partial charge is 0.190 e. The molecule has 0 radical (unpaired) electrons. The molecule has 0 amide bonds. The zero-order chi connectivity index (χ0) is 39.3. The van der Waals surface area contributed by atoms with E-state index in [4.69, 9.17) is 61.6 Å². The molecular weight excluding hydrogens is 728 g/mol. The van der Waals surface area contributed by atoms with E-state index in [1.807, 2.05) is 98.8 Å². The van der Waals surface area contributed by atoms with Crippen molar-refractivity contribution in [2.75, 3.05) is 34.2 Å². The van der Waals surface area contributed by atoms with E-state index in [2.05, 4.69) is 0 Å². The molecular formula is C42H54O14. The van der Waals surface area contributed by atoms with Crippen LogP contribution < -0.4 is 4.74 Å². The monoisotopic (exact) mass is 782 g/mol. The van der Waals surface area contributed by atoms with E-state index >= 15 is 0 Å². The molecule has 3 aromatic carbocycles. The Balaban J connectivity index is 1.19. The molecule has 56 heavy (non-hydrogen) atoms. The molecule has 0 bridgehead atoms. The zero-order valence-electron chi connectivity index (χ0n) is 32.7. The maximum atomic E-state index is 12.1. The third-order valence-electron chi connectivity index (χ3n) is 10.1. The third-order valence-corrected chi connectivity index (χ3v) is 10.1. The minimum atomic E-state index is -1.64. The van der Waals surface area contributed by atoms with Crippen molar-refractivity contribution in [1.82, 2.24) is 0 Å². The summed E-state index contributed by atoms with van der Waals surface area (Å²) in [7, 11) is 3.10. The van der Waals surface area contributed by atoms with E-state index in [0.29, 0.717) is 5.75 Å². The Morgan fingerprint density at radius 3 is 2.05 bits per heavy atom. The lowest BCUT2D eigenvalue weighted by molar-refractivity contribution is -0.394. The molecule has 0 aromatic heterocycles. The highest BCUT2D eigenvalue weighted by Gasteiger charge is 2.56. The lowest BCUT2D eigenvalue weighted by Gasteiger charge is -2.49. The number of aliphatic hydroxyl groups is 1. The highest BCUT2D eigenvalue weighted by molar-refractivity contribution is 5.26. The fraction of sp³-hybridized carbons (Fsp3) is 0.571. The Hall–Kier alpha value is -3.06. The molecule has 4 heterocycles. The Kier molecular flexibility index (Phi) is 13.4. The van der Waals surface area contributed by atoms with Crippen LogP contribution in [0, 0.1) is 0 Å². The number of fused-ring (bicyclic) bond motifs is 1. The minimum absolute atomic E-state index is 0.156. The summed E-state index contributed by atoms with van der Waals surface area (Å²) < 4.78 is 80.9. The van der Waals surface area contributed by atoms with Crippen LogP contribution >= 0.6 is 0 Å². The first-order valence-corrected chi connectivity index (χ1v) is 19.0. The normalized spacial score (nSPS) is 32.1. The average Bonchev–Trinajstić information content (AvgIpc) is 3.74. The number of benzene rings is 3. The van der Waals surface area contributed by atoms with Gasteiger partial charge in [0, 0.05) is 12.7 Å². The Bertz CT molecular complexity index is 1640. The number of hydrogen-bond acceptors (Lipinski definition) is 14. The molecule has 3 aromatic rings. The molecule has 14 heteroatoms. The SMILES string of the molecule is COCO[C@H](C(O)O[C@@H]1O[C@@H]2COC(c3ccccc3)O[C@H]2[C@H](OCc2ccccc2)[C@@H]1OCc1ccc(OC)cc1)[C@H]1OC(C)(C)O[C@@H]1[C@@H]1COC(C)(C)O1. The van der Waals surface area contributed by atoms with Crippen molar-refractivity contribution < 1.29 is 66.7 Å². The lowest BCUT2D eigenvalue weighted by atomic mass is 9.96. The molecule has 11 atom stereocenters. The second-order valence-electron chi connectivity index (χ2n) is 15.1. The van der Waals surface area contributed by atoms with Crippen LogP contribution in [0.1, 0.15) is 50.7 Å². The fourth-order valence-electron chi connectivity index (χ4n) is 7.42. The van der Waals surface area contributed by atoms with Crippen molar-refractivity contribution in [3.63, 3.8) is 0 Å². The van der Waals surface area contributed by atoms with Crippen LogP contribution in [0.15, 0.2) is 84.9 Å². The van der Waals surface area contributed by atoms with Gasteiger partial charge in [0.2, 0.25) is 0 Å². The molecule has 2 unspecified atom stereocenters. The van der Waals surface area contributed by atoms with Crippen LogP contribution in [-0.2, 0) is 70.1 Å². The van der Waals surface area contributed by atoms with E-state index < -0.39 is 79.3 Å². The molecule has 0 aliphatic carbocycles. The first-order chi connectivity index (χ1) is 27.0. The summed E-state index contributed by atoms with van der Waals surface area (Å²) >= 11 is 0. The van der Waals surface area contributed by atoms with Crippen LogP contribution in [0.3, 0.4) is 0 Å². The lowest BCUT2D eigenvalue weighted by Crippen LogP contribution is -2.64. The van der Waals surface area contributed by atoms with Gasteiger partial charge in [-0.15, -0.1) is 0 Å². The highest BCUT2D eigenvalue weighted by Crippen LogP contribution is 2.41. The number of rotatable bonds is 16. The van der Waals surface area contributed by atoms with Crippen molar-refractivity contribution in [3.05, 3.63) is 102 Å². The van der Waals surface area contributed by atoms with Gasteiger partial charge in [0.1, 0.15) is 61.4 Å². The van der Waals surface area contributed by atoms with Crippen LogP contribution in [-0.4, -0.2) is 112 Å². The van der Waals surface area contributed by atoms with Gasteiger partial charge in [-0.2, -0.15) is 0 Å². The summed E-state index contributed by atoms with van der Waals surface area (Å²) in [6, 6.07) is 27.1. The summed E-state index contributed by atoms with van der Waals surface area (Å²) in [5.41, 5.74) is 2.68. The summed E-state index contributed by atoms with van der Waals surface area (Å²) in [5, 5.41) is 12.1. The van der Waals surface area contributed by atoms with Gasteiger partial charge < -0.3 is 66.7 Å². The first kappa shape index (κ1) is 41.1. The molecule has 7 rings (SSSR count). The van der Waals surface area contributed by atoms with E-state index in [1.54, 1.807) is 21.0 Å². The van der Waals surface area contributed by atoms with Gasteiger partial charge >= 0.3 is 0 Å². The van der Waals surface area contributed by atoms with Gasteiger partial charge in [0.25, 0.3) is 0 Å². The second kappa shape index (κ2) is 18.2. The summed E-state index contributed by atoms with van der Waals surface area (Å²) in [4.78, 5) is 0. The molecule has 4 aliphatic heterocycles. The Morgan fingerprint density at radius 2 is 1.39 bits per heavy atom. The number of ether oxygens (including phenoxy) is 13. The van der Waals surface area contributed by atoms with Crippen molar-refractivity contribution >= 4 is 0 Å². The van der Waals surface area contributed by atoms with E-state index in [0.717, 1.165) is 16.7 Å². The molecule has 1 N–H and O–H groups in total. The standard InChI is InChI=1S/C42H54O14/c1-41(2)50-24-31(54-41)33-35(56-42(3,4)55-33)36(49-25-44-5)38(43)53-40-37(47-22-27-17-19-29(45-6)20-18-27)34(46-21-26-13-9-7-10-14-26)32-30(51-40)23-48-39(52-32)28-15-11-8-12-16-28/h7-20,30-40,43H,21-25H2,1-6H3/t30-,31+,32-,33-,34+,35+,36+,37+,38?,39?,40+/m1/s1. The summed E-state index contributed by atoms with van der Waals surface area (Å²) in [6.07, 6.45) is -9.70. The average molecular weight is 783 g/mol. The van der Waals surface area contributed by atoms with Gasteiger partial charge in [-0.3, -0.25) is 0 Å². The molecule has 0 saturated carbocycles. The molecule has 4 saturated heterocycles. The molecule has 4 fully saturated rings. The van der Waals surface area contributed by atoms with Crippen LogP contribution in [0.5, 0.6) is 5.75 Å². The van der Waals surface area contributed by atoms with Gasteiger partial charge in [0.05, 0.1) is 33.5 Å². The highest BCUT2D eigenvalue weighted by atomic mass is 16.8. The maximum Gasteiger partial charge on any atom is 0.190 e. The summed E-state index contributed by atoms with van der Waals surface area (Å²) in [5.74, 6) is -1.16. The van der Waals surface area contributed by atoms with Crippen LogP contribution in [0.2, 0.25) is 0 Å². The van der Waals surface area contributed by atoms with Crippen LogP contribution in [0.25, 0.3) is 0 Å². The minimum Gasteiger partial charge on any atom is -0.497 e. The zero-order valence-corrected chi connectivity index (χ0v) is 32.7. The topological polar surface area (TPSA) is 140 Å². The predicted octanol–water partition coefficient (Wildman–Crippen LogP) is 5.00. The molecule has 0 spiro atoms. The largest absolute Gasteiger partial charge is 0.497 e. The quantitative estimate of drug-likeness (QED) is 0.195. The number of methoxy groups -OCH3 is 2.